The lowest BCUT2D eigenvalue weighted by Gasteiger charge is -2.22. The lowest BCUT2D eigenvalue weighted by atomic mass is 9.87. The first-order valence-electron chi connectivity index (χ1n) is 7.39. The van der Waals surface area contributed by atoms with Gasteiger partial charge in [-0.15, -0.1) is 0 Å². The van der Waals surface area contributed by atoms with E-state index < -0.39 is 41.1 Å². The lowest BCUT2D eigenvalue weighted by molar-refractivity contribution is -0.155. The van der Waals surface area contributed by atoms with Crippen LogP contribution in [0.3, 0.4) is 0 Å². The molecule has 0 unspecified atom stereocenters. The van der Waals surface area contributed by atoms with Crippen LogP contribution in [0.15, 0.2) is 0 Å². The molecule has 3 atom stereocenters. The Kier molecular flexibility index (Phi) is 7.75. The quantitative estimate of drug-likeness (QED) is 0.646. The van der Waals surface area contributed by atoms with Crippen molar-refractivity contribution in [1.29, 1.82) is 0 Å². The molecule has 122 valence electrons. The van der Waals surface area contributed by atoms with Crippen LogP contribution in [-0.4, -0.2) is 29.3 Å². The van der Waals surface area contributed by atoms with E-state index in [1.165, 1.54) is 6.92 Å². The zero-order valence-corrected chi connectivity index (χ0v) is 13.9. The van der Waals surface area contributed by atoms with Gasteiger partial charge in [0, 0.05) is 12.3 Å². The Morgan fingerprint density at radius 3 is 2.10 bits per heavy atom. The summed E-state index contributed by atoms with van der Waals surface area (Å²) in [4.78, 5) is 35.0. The fraction of sp³-hybridized carbons (Fsp3) is 0.812. The molecule has 0 aromatic heterocycles. The average Bonchev–Trinajstić information content (AvgIpc) is 2.34. The number of ether oxygens (including phenoxy) is 1. The van der Waals surface area contributed by atoms with Gasteiger partial charge in [-0.1, -0.05) is 13.8 Å². The van der Waals surface area contributed by atoms with Crippen LogP contribution < -0.4 is 0 Å². The highest BCUT2D eigenvalue weighted by molar-refractivity contribution is 5.91. The molecule has 5 heteroatoms. The molecule has 0 N–H and O–H groups in total. The van der Waals surface area contributed by atoms with Gasteiger partial charge in [-0.25, -0.2) is 4.39 Å². The molecule has 0 aromatic rings. The summed E-state index contributed by atoms with van der Waals surface area (Å²) in [5.74, 6) is -2.97. The molecule has 0 radical (unpaired) electrons. The third-order valence-corrected chi connectivity index (χ3v) is 3.32. The van der Waals surface area contributed by atoms with E-state index in [-0.39, 0.29) is 12.8 Å². The molecule has 0 aliphatic carbocycles. The maximum absolute atomic E-state index is 14.2. The van der Waals surface area contributed by atoms with E-state index in [0.717, 1.165) is 0 Å². The Bertz CT molecular complexity index is 384. The highest BCUT2D eigenvalue weighted by atomic mass is 19.1. The van der Waals surface area contributed by atoms with Crippen LogP contribution in [0, 0.1) is 11.8 Å². The van der Waals surface area contributed by atoms with Crippen molar-refractivity contribution in [2.24, 2.45) is 11.8 Å². The second-order valence-electron chi connectivity index (χ2n) is 6.46. The van der Waals surface area contributed by atoms with Gasteiger partial charge < -0.3 is 4.74 Å². The summed E-state index contributed by atoms with van der Waals surface area (Å²) in [6.45, 7) is 9.88. The van der Waals surface area contributed by atoms with Crippen molar-refractivity contribution in [2.45, 2.75) is 72.6 Å². The number of hydrogen-bond acceptors (Lipinski definition) is 4. The third kappa shape index (κ3) is 7.34. The first-order chi connectivity index (χ1) is 9.49. The summed E-state index contributed by atoms with van der Waals surface area (Å²) in [6, 6.07) is 0. The number of alkyl halides is 1. The van der Waals surface area contributed by atoms with Crippen molar-refractivity contribution in [2.75, 3.05) is 0 Å². The predicted octanol–water partition coefficient (Wildman–Crippen LogP) is 3.27. The van der Waals surface area contributed by atoms with Crippen molar-refractivity contribution >= 4 is 17.5 Å². The number of hydrogen-bond donors (Lipinski definition) is 0. The van der Waals surface area contributed by atoms with Gasteiger partial charge in [-0.05, 0) is 40.5 Å². The molecule has 0 aliphatic heterocycles. The van der Waals surface area contributed by atoms with E-state index >= 15 is 0 Å². The van der Waals surface area contributed by atoms with Crippen molar-refractivity contribution in [3.05, 3.63) is 0 Å². The Morgan fingerprint density at radius 1 is 1.19 bits per heavy atom. The van der Waals surface area contributed by atoms with Gasteiger partial charge in [0.05, 0.1) is 5.92 Å². The van der Waals surface area contributed by atoms with Gasteiger partial charge in [0.2, 0.25) is 0 Å². The summed E-state index contributed by atoms with van der Waals surface area (Å²) in [5, 5.41) is 0. The van der Waals surface area contributed by atoms with Gasteiger partial charge >= 0.3 is 5.97 Å². The number of halogens is 1. The summed E-state index contributed by atoms with van der Waals surface area (Å²) in [5.41, 5.74) is -0.621. The van der Waals surface area contributed by atoms with Crippen molar-refractivity contribution in [3.8, 4) is 0 Å². The molecule has 0 saturated carbocycles. The Hall–Kier alpha value is -1.26. The molecule has 21 heavy (non-hydrogen) atoms. The van der Waals surface area contributed by atoms with Crippen LogP contribution in [0.4, 0.5) is 4.39 Å². The molecule has 0 saturated heterocycles. The maximum atomic E-state index is 14.2. The second-order valence-corrected chi connectivity index (χ2v) is 6.46. The molecule has 0 amide bonds. The van der Waals surface area contributed by atoms with Crippen molar-refractivity contribution < 1.29 is 23.5 Å². The van der Waals surface area contributed by atoms with Crippen LogP contribution >= 0.6 is 0 Å². The number of ketones is 2. The summed E-state index contributed by atoms with van der Waals surface area (Å²) >= 11 is 0. The number of carbonyl (C=O) groups is 3. The largest absolute Gasteiger partial charge is 0.460 e. The third-order valence-electron chi connectivity index (χ3n) is 3.32. The molecule has 0 heterocycles. The topological polar surface area (TPSA) is 60.4 Å². The highest BCUT2D eigenvalue weighted by Gasteiger charge is 2.34. The monoisotopic (exact) mass is 302 g/mol. The summed E-state index contributed by atoms with van der Waals surface area (Å²) in [7, 11) is 0. The number of rotatable bonds is 8. The molecule has 0 aliphatic rings. The summed E-state index contributed by atoms with van der Waals surface area (Å²) < 4.78 is 19.3. The number of esters is 1. The van der Waals surface area contributed by atoms with Crippen LogP contribution in [0.1, 0.15) is 60.8 Å². The minimum atomic E-state index is -1.85. The van der Waals surface area contributed by atoms with Crippen LogP contribution in [-0.2, 0) is 19.1 Å². The van der Waals surface area contributed by atoms with Gasteiger partial charge in [-0.2, -0.15) is 0 Å². The molecule has 0 spiro atoms. The van der Waals surface area contributed by atoms with E-state index in [2.05, 4.69) is 0 Å². The van der Waals surface area contributed by atoms with Gasteiger partial charge in [0.1, 0.15) is 11.4 Å². The molecule has 0 rings (SSSR count). The fourth-order valence-electron chi connectivity index (χ4n) is 1.89. The SMILES string of the molecule is CC[C@@H](C)C(=O)[C@@H](F)[C@@H](CCC(=O)OC(C)(C)C)C(C)=O. The standard InChI is InChI=1S/C16H27FO4/c1-7-10(2)15(20)14(17)12(11(3)18)8-9-13(19)21-16(4,5)6/h10,12,14H,7-9H2,1-6H3/t10-,12+,14+/m1/s1. The first-order valence-corrected chi connectivity index (χ1v) is 7.39. The lowest BCUT2D eigenvalue weighted by Crippen LogP contribution is -2.34. The van der Waals surface area contributed by atoms with E-state index in [9.17, 15) is 18.8 Å². The molecule has 4 nitrogen and oxygen atoms in total. The first kappa shape index (κ1) is 19.7. The van der Waals surface area contributed by atoms with E-state index in [4.69, 9.17) is 4.74 Å². The van der Waals surface area contributed by atoms with E-state index in [1.807, 2.05) is 0 Å². The van der Waals surface area contributed by atoms with Crippen molar-refractivity contribution in [1.82, 2.24) is 0 Å². The average molecular weight is 302 g/mol. The van der Waals surface area contributed by atoms with E-state index in [0.29, 0.717) is 6.42 Å². The van der Waals surface area contributed by atoms with Crippen LogP contribution in [0.2, 0.25) is 0 Å². The Morgan fingerprint density at radius 2 is 1.71 bits per heavy atom. The van der Waals surface area contributed by atoms with Gasteiger partial charge in [0.15, 0.2) is 12.0 Å². The summed E-state index contributed by atoms with van der Waals surface area (Å²) in [6.07, 6.45) is -1.40. The predicted molar refractivity (Wildman–Crippen MR) is 78.6 cm³/mol. The van der Waals surface area contributed by atoms with E-state index in [1.54, 1.807) is 34.6 Å². The molecule has 0 fully saturated rings. The second kappa shape index (κ2) is 8.25. The highest BCUT2D eigenvalue weighted by Crippen LogP contribution is 2.22. The minimum Gasteiger partial charge on any atom is -0.460 e. The minimum absolute atomic E-state index is 0.00636. The zero-order valence-electron chi connectivity index (χ0n) is 13.9. The van der Waals surface area contributed by atoms with Crippen molar-refractivity contribution in [3.63, 3.8) is 0 Å². The maximum Gasteiger partial charge on any atom is 0.306 e. The fourth-order valence-corrected chi connectivity index (χ4v) is 1.89. The van der Waals surface area contributed by atoms with Gasteiger partial charge in [0.25, 0.3) is 0 Å². The number of Topliss-reactive ketones (excluding diaryl/α,β-unsaturated/α-hetero) is 2. The molecule has 0 aromatic carbocycles. The molecular formula is C16H27FO4. The smallest absolute Gasteiger partial charge is 0.306 e. The molecular weight excluding hydrogens is 275 g/mol. The number of carbonyl (C=O) groups excluding carboxylic acids is 3. The molecule has 0 bridgehead atoms. The zero-order chi connectivity index (χ0) is 16.8. The Labute approximate surface area is 126 Å². The normalized spacial score (nSPS) is 16.0. The van der Waals surface area contributed by atoms with Gasteiger partial charge in [-0.3, -0.25) is 14.4 Å². The van der Waals surface area contributed by atoms with Crippen LogP contribution in [0.5, 0.6) is 0 Å². The Balaban J connectivity index is 4.68. The van der Waals surface area contributed by atoms with Crippen LogP contribution in [0.25, 0.3) is 0 Å².